The summed E-state index contributed by atoms with van der Waals surface area (Å²) in [6.45, 7) is 4.86. The molecule has 0 aromatic heterocycles. The van der Waals surface area contributed by atoms with Gasteiger partial charge in [-0.25, -0.2) is 0 Å². The number of nitrogens with zero attached hydrogens (tertiary/aromatic N) is 1. The van der Waals surface area contributed by atoms with Crippen molar-refractivity contribution in [2.75, 3.05) is 13.7 Å². The van der Waals surface area contributed by atoms with Crippen molar-refractivity contribution in [3.63, 3.8) is 0 Å². The third kappa shape index (κ3) is 4.67. The Hall–Kier alpha value is -2.23. The highest BCUT2D eigenvalue weighted by Crippen LogP contribution is 2.17. The topological polar surface area (TPSA) is 45.6 Å². The van der Waals surface area contributed by atoms with E-state index in [-0.39, 0.29) is 0 Å². The quantitative estimate of drug-likeness (QED) is 0.480. The molecule has 4 heteroatoms. The van der Waals surface area contributed by atoms with E-state index in [2.05, 4.69) is 40.4 Å². The molecule has 0 saturated carbocycles. The van der Waals surface area contributed by atoms with Gasteiger partial charge in [-0.3, -0.25) is 4.99 Å². The fourth-order valence-electron chi connectivity index (χ4n) is 2.24. The lowest BCUT2D eigenvalue weighted by atomic mass is 10.2. The normalized spacial score (nSPS) is 15.0. The van der Waals surface area contributed by atoms with Gasteiger partial charge in [-0.2, -0.15) is 0 Å². The van der Waals surface area contributed by atoms with E-state index in [9.17, 15) is 0 Å². The second-order valence-corrected chi connectivity index (χ2v) is 4.92. The summed E-state index contributed by atoms with van der Waals surface area (Å²) in [6, 6.07) is 8.45. The minimum absolute atomic E-state index is 0.448. The minimum Gasteiger partial charge on any atom is -0.489 e. The van der Waals surface area contributed by atoms with E-state index in [1.807, 2.05) is 18.2 Å². The van der Waals surface area contributed by atoms with Gasteiger partial charge in [0.25, 0.3) is 0 Å². The predicted octanol–water partition coefficient (Wildman–Crippen LogP) is 2.64. The van der Waals surface area contributed by atoms with E-state index >= 15 is 0 Å². The van der Waals surface area contributed by atoms with Crippen LogP contribution in [0.1, 0.15) is 18.4 Å². The Kier molecular flexibility index (Phi) is 5.88. The third-order valence-electron chi connectivity index (χ3n) is 3.35. The molecule has 112 valence electrons. The Balaban J connectivity index is 1.90. The molecule has 1 aliphatic carbocycles. The summed E-state index contributed by atoms with van der Waals surface area (Å²) < 4.78 is 5.66. The first-order valence-electron chi connectivity index (χ1n) is 7.27. The fourth-order valence-corrected chi connectivity index (χ4v) is 2.24. The molecule has 0 amide bonds. The van der Waals surface area contributed by atoms with Gasteiger partial charge >= 0.3 is 0 Å². The molecule has 0 heterocycles. The van der Waals surface area contributed by atoms with Gasteiger partial charge in [0.05, 0.1) is 0 Å². The van der Waals surface area contributed by atoms with Gasteiger partial charge in [0.2, 0.25) is 0 Å². The summed E-state index contributed by atoms with van der Waals surface area (Å²) in [5.41, 5.74) is 1.10. The molecule has 2 rings (SSSR count). The smallest absolute Gasteiger partial charge is 0.191 e. The molecule has 0 unspecified atom stereocenters. The standard InChI is InChI=1S/C17H23N3O/c1-3-12-21-16-11-7-4-8-14(16)13-19-17(18-2)20-15-9-5-6-10-15/h3-8,11,15H,1,9-10,12-13H2,2H3,(H2,18,19,20). The van der Waals surface area contributed by atoms with Crippen molar-refractivity contribution in [3.05, 3.63) is 54.6 Å². The predicted molar refractivity (Wildman–Crippen MR) is 87.6 cm³/mol. The van der Waals surface area contributed by atoms with Gasteiger partial charge in [0.1, 0.15) is 12.4 Å². The van der Waals surface area contributed by atoms with Crippen molar-refractivity contribution < 1.29 is 4.74 Å². The molecular weight excluding hydrogens is 262 g/mol. The van der Waals surface area contributed by atoms with Gasteiger partial charge in [-0.05, 0) is 18.9 Å². The van der Waals surface area contributed by atoms with Gasteiger partial charge in [0.15, 0.2) is 5.96 Å². The van der Waals surface area contributed by atoms with E-state index in [4.69, 9.17) is 4.74 Å². The van der Waals surface area contributed by atoms with Crippen LogP contribution in [0.3, 0.4) is 0 Å². The molecule has 4 nitrogen and oxygen atoms in total. The van der Waals surface area contributed by atoms with Crippen LogP contribution < -0.4 is 15.4 Å². The molecular formula is C17H23N3O. The molecule has 0 aliphatic heterocycles. The van der Waals surface area contributed by atoms with Crippen LogP contribution in [0.4, 0.5) is 0 Å². The van der Waals surface area contributed by atoms with Crippen LogP contribution in [-0.4, -0.2) is 25.7 Å². The van der Waals surface area contributed by atoms with Crippen LogP contribution in [0.5, 0.6) is 5.75 Å². The van der Waals surface area contributed by atoms with E-state index in [0.29, 0.717) is 19.2 Å². The maximum absolute atomic E-state index is 5.66. The van der Waals surface area contributed by atoms with Crippen LogP contribution in [0.25, 0.3) is 0 Å². The summed E-state index contributed by atoms with van der Waals surface area (Å²) >= 11 is 0. The van der Waals surface area contributed by atoms with Gasteiger partial charge < -0.3 is 15.4 Å². The number of ether oxygens (including phenoxy) is 1. The molecule has 0 fully saturated rings. The lowest BCUT2D eigenvalue weighted by Gasteiger charge is -2.18. The van der Waals surface area contributed by atoms with Crippen molar-refractivity contribution in [2.24, 2.45) is 4.99 Å². The van der Waals surface area contributed by atoms with E-state index < -0.39 is 0 Å². The average Bonchev–Trinajstić information content (AvgIpc) is 3.03. The van der Waals surface area contributed by atoms with E-state index in [1.165, 1.54) is 0 Å². The fraction of sp³-hybridized carbons (Fsp3) is 0.353. The zero-order chi connectivity index (χ0) is 14.9. The monoisotopic (exact) mass is 285 g/mol. The Bertz CT molecular complexity index is 515. The molecule has 0 bridgehead atoms. The average molecular weight is 285 g/mol. The second kappa shape index (κ2) is 8.15. The lowest BCUT2D eigenvalue weighted by Crippen LogP contribution is -2.42. The summed E-state index contributed by atoms with van der Waals surface area (Å²) in [4.78, 5) is 4.27. The number of nitrogens with one attached hydrogen (secondary N) is 2. The Labute approximate surface area is 126 Å². The molecule has 0 radical (unpaired) electrons. The third-order valence-corrected chi connectivity index (χ3v) is 3.35. The zero-order valence-corrected chi connectivity index (χ0v) is 12.5. The van der Waals surface area contributed by atoms with E-state index in [0.717, 1.165) is 30.1 Å². The maximum Gasteiger partial charge on any atom is 0.191 e. The SMILES string of the molecule is C=CCOc1ccccc1CNC(=NC)NC1CC=CC1. The molecule has 0 saturated heterocycles. The number of hydrogen-bond acceptors (Lipinski definition) is 2. The van der Waals surface area contributed by atoms with E-state index in [1.54, 1.807) is 13.1 Å². The first kappa shape index (κ1) is 15.2. The van der Waals surface area contributed by atoms with Crippen LogP contribution in [0, 0.1) is 0 Å². The summed E-state index contributed by atoms with van der Waals surface area (Å²) in [5.74, 6) is 1.70. The van der Waals surface area contributed by atoms with Gasteiger partial charge in [-0.1, -0.05) is 43.0 Å². The van der Waals surface area contributed by atoms with Crippen LogP contribution in [-0.2, 0) is 6.54 Å². The molecule has 1 aromatic carbocycles. The largest absolute Gasteiger partial charge is 0.489 e. The number of aliphatic imine (C=N–C) groups is 1. The zero-order valence-electron chi connectivity index (χ0n) is 12.5. The van der Waals surface area contributed by atoms with Gasteiger partial charge in [0, 0.05) is 25.2 Å². The Morgan fingerprint density at radius 2 is 2.14 bits per heavy atom. The van der Waals surface area contributed by atoms with Crippen molar-refractivity contribution >= 4 is 5.96 Å². The van der Waals surface area contributed by atoms with Crippen molar-refractivity contribution in [2.45, 2.75) is 25.4 Å². The number of guanidine groups is 1. The summed E-state index contributed by atoms with van der Waals surface area (Å²) in [6.07, 6.45) is 8.25. The van der Waals surface area contributed by atoms with Crippen LogP contribution in [0.15, 0.2) is 54.1 Å². The number of benzene rings is 1. The number of rotatable bonds is 6. The first-order chi connectivity index (χ1) is 10.3. The van der Waals surface area contributed by atoms with Crippen molar-refractivity contribution in [1.82, 2.24) is 10.6 Å². The molecule has 2 N–H and O–H groups in total. The van der Waals surface area contributed by atoms with Crippen molar-refractivity contribution in [3.8, 4) is 5.75 Å². The minimum atomic E-state index is 0.448. The molecule has 1 aromatic rings. The lowest BCUT2D eigenvalue weighted by molar-refractivity contribution is 0.358. The van der Waals surface area contributed by atoms with Crippen LogP contribution in [0.2, 0.25) is 0 Å². The van der Waals surface area contributed by atoms with Gasteiger partial charge in [-0.15, -0.1) is 0 Å². The highest BCUT2D eigenvalue weighted by atomic mass is 16.5. The molecule has 21 heavy (non-hydrogen) atoms. The molecule has 0 atom stereocenters. The van der Waals surface area contributed by atoms with Crippen LogP contribution >= 0.6 is 0 Å². The highest BCUT2D eigenvalue weighted by Gasteiger charge is 2.11. The maximum atomic E-state index is 5.66. The Morgan fingerprint density at radius 1 is 1.38 bits per heavy atom. The molecule has 1 aliphatic rings. The highest BCUT2D eigenvalue weighted by molar-refractivity contribution is 5.80. The number of para-hydroxylation sites is 1. The Morgan fingerprint density at radius 3 is 2.86 bits per heavy atom. The second-order valence-electron chi connectivity index (χ2n) is 4.92. The summed E-state index contributed by atoms with van der Waals surface area (Å²) in [7, 11) is 1.79. The number of hydrogen-bond donors (Lipinski definition) is 2. The first-order valence-corrected chi connectivity index (χ1v) is 7.27. The molecule has 0 spiro atoms. The van der Waals surface area contributed by atoms with Crippen molar-refractivity contribution in [1.29, 1.82) is 0 Å². The summed E-state index contributed by atoms with van der Waals surface area (Å²) in [5, 5.41) is 6.75.